The number of nitrogens with one attached hydrogen (secondary N) is 1. The highest BCUT2D eigenvalue weighted by Gasteiger charge is 2.26. The number of carbonyl (C=O) groups excluding carboxylic acids is 4. The van der Waals surface area contributed by atoms with Crippen LogP contribution in [-0.2, 0) is 23.9 Å². The van der Waals surface area contributed by atoms with E-state index in [0.717, 1.165) is 11.8 Å². The summed E-state index contributed by atoms with van der Waals surface area (Å²) in [5.74, 6) is -1.29. The van der Waals surface area contributed by atoms with Crippen molar-refractivity contribution < 1.29 is 23.9 Å². The largest absolute Gasteiger partial charge is 0.469 e. The Labute approximate surface area is 141 Å². The maximum Gasteiger partial charge on any atom is 0.313 e. The van der Waals surface area contributed by atoms with E-state index in [9.17, 15) is 19.2 Å². The van der Waals surface area contributed by atoms with Crippen molar-refractivity contribution in [3.05, 3.63) is 0 Å². The zero-order valence-corrected chi connectivity index (χ0v) is 15.2. The molecule has 0 aromatic heterocycles. The van der Waals surface area contributed by atoms with Gasteiger partial charge in [0.25, 0.3) is 0 Å². The van der Waals surface area contributed by atoms with Crippen LogP contribution in [0, 0.1) is 5.92 Å². The third-order valence-electron chi connectivity index (χ3n) is 3.14. The predicted molar refractivity (Wildman–Crippen MR) is 88.8 cm³/mol. The zero-order chi connectivity index (χ0) is 18.0. The molecule has 1 N–H and O–H groups in total. The molecule has 23 heavy (non-hydrogen) atoms. The topological polar surface area (TPSA) is 92.8 Å². The molecule has 0 bridgehead atoms. The Balaban J connectivity index is 4.85. The van der Waals surface area contributed by atoms with E-state index in [1.165, 1.54) is 7.11 Å². The summed E-state index contributed by atoms with van der Waals surface area (Å²) >= 11 is 0.847. The van der Waals surface area contributed by atoms with Crippen LogP contribution in [0.1, 0.15) is 34.1 Å². The van der Waals surface area contributed by atoms with Crippen LogP contribution in [0.4, 0.5) is 0 Å². The lowest BCUT2D eigenvalue weighted by molar-refractivity contribution is -0.142. The Kier molecular flexibility index (Phi) is 10.3. The van der Waals surface area contributed by atoms with Crippen LogP contribution in [0.3, 0.4) is 0 Å². The van der Waals surface area contributed by atoms with E-state index in [1.54, 1.807) is 18.7 Å². The number of methoxy groups -OCH3 is 1. The van der Waals surface area contributed by atoms with Crippen molar-refractivity contribution >= 4 is 34.7 Å². The van der Waals surface area contributed by atoms with Gasteiger partial charge in [0.1, 0.15) is 12.5 Å². The van der Waals surface area contributed by atoms with Crippen LogP contribution >= 0.6 is 11.8 Å². The first kappa shape index (κ1) is 21.4. The summed E-state index contributed by atoms with van der Waals surface area (Å²) in [6.07, 6.45) is -0.356. The van der Waals surface area contributed by atoms with Gasteiger partial charge < -0.3 is 15.0 Å². The molecule has 7 nitrogen and oxygen atoms in total. The monoisotopic (exact) mass is 346 g/mol. The van der Waals surface area contributed by atoms with Crippen LogP contribution in [0.15, 0.2) is 0 Å². The van der Waals surface area contributed by atoms with Gasteiger partial charge in [0.05, 0.1) is 7.11 Å². The molecule has 0 radical (unpaired) electrons. The molecule has 0 aromatic rings. The van der Waals surface area contributed by atoms with E-state index in [0.29, 0.717) is 13.1 Å². The number of carbonyl (C=O) groups is 4. The molecule has 1 atom stereocenters. The first-order valence-corrected chi connectivity index (χ1v) is 8.56. The maximum atomic E-state index is 12.4. The Morgan fingerprint density at radius 1 is 1.13 bits per heavy atom. The van der Waals surface area contributed by atoms with Crippen LogP contribution in [-0.4, -0.2) is 59.8 Å². The summed E-state index contributed by atoms with van der Waals surface area (Å²) in [5.41, 5.74) is 0. The minimum atomic E-state index is -0.795. The molecule has 0 spiro atoms. The molecule has 8 heteroatoms. The third kappa shape index (κ3) is 8.01. The number of ether oxygens (including phenoxy) is 1. The molecule has 0 rings (SSSR count). The number of amides is 2. The van der Waals surface area contributed by atoms with Crippen molar-refractivity contribution in [2.24, 2.45) is 5.92 Å². The fraction of sp³-hybridized carbons (Fsp3) is 0.733. The van der Waals surface area contributed by atoms with Gasteiger partial charge in [-0.05, 0) is 13.8 Å². The van der Waals surface area contributed by atoms with Crippen molar-refractivity contribution in [2.45, 2.75) is 40.2 Å². The number of hydrogen-bond acceptors (Lipinski definition) is 6. The number of thioether (sulfide) groups is 1. The van der Waals surface area contributed by atoms with Gasteiger partial charge in [-0.2, -0.15) is 0 Å². The Bertz CT molecular complexity index is 436. The van der Waals surface area contributed by atoms with Crippen molar-refractivity contribution in [2.75, 3.05) is 26.0 Å². The second-order valence-corrected chi connectivity index (χ2v) is 6.24. The molecule has 132 valence electrons. The minimum absolute atomic E-state index is 0.0869. The summed E-state index contributed by atoms with van der Waals surface area (Å²) in [6, 6.07) is -0.795. The van der Waals surface area contributed by atoms with Gasteiger partial charge in [-0.1, -0.05) is 25.6 Å². The quantitative estimate of drug-likeness (QED) is 0.491. The molecule has 0 aliphatic heterocycles. The summed E-state index contributed by atoms with van der Waals surface area (Å²) in [6.45, 7) is 8.18. The molecular weight excluding hydrogens is 320 g/mol. The van der Waals surface area contributed by atoms with Crippen molar-refractivity contribution in [1.29, 1.82) is 0 Å². The highest BCUT2D eigenvalue weighted by Crippen LogP contribution is 2.11. The molecule has 1 unspecified atom stereocenters. The van der Waals surface area contributed by atoms with E-state index in [1.807, 2.05) is 13.8 Å². The molecule has 0 saturated heterocycles. The van der Waals surface area contributed by atoms with Crippen LogP contribution in [0.2, 0.25) is 0 Å². The second-order valence-electron chi connectivity index (χ2n) is 5.16. The first-order valence-electron chi connectivity index (χ1n) is 7.58. The van der Waals surface area contributed by atoms with Crippen LogP contribution < -0.4 is 5.32 Å². The zero-order valence-electron chi connectivity index (χ0n) is 14.4. The molecule has 0 saturated carbocycles. The van der Waals surface area contributed by atoms with Gasteiger partial charge in [-0.3, -0.25) is 19.2 Å². The third-order valence-corrected chi connectivity index (χ3v) is 4.11. The maximum absolute atomic E-state index is 12.4. The lowest BCUT2D eigenvalue weighted by Crippen LogP contribution is -2.51. The van der Waals surface area contributed by atoms with E-state index in [4.69, 9.17) is 0 Å². The van der Waals surface area contributed by atoms with Gasteiger partial charge in [0.2, 0.25) is 11.8 Å². The summed E-state index contributed by atoms with van der Waals surface area (Å²) < 4.78 is 4.43. The summed E-state index contributed by atoms with van der Waals surface area (Å²) in [5, 5.41) is 2.27. The number of nitrogens with zero attached hydrogens (tertiary/aromatic N) is 1. The molecule has 0 heterocycles. The SMILES string of the molecule is CCN(CC)C(=O)C(CSC(=O)CC(=O)OC)NC(=O)C(C)C. The summed E-state index contributed by atoms with van der Waals surface area (Å²) in [7, 11) is 1.20. The predicted octanol–water partition coefficient (Wildman–Crippen LogP) is 0.818. The van der Waals surface area contributed by atoms with Crippen LogP contribution in [0.25, 0.3) is 0 Å². The minimum Gasteiger partial charge on any atom is -0.469 e. The average Bonchev–Trinajstić information content (AvgIpc) is 2.51. The molecular formula is C15H26N2O5S. The molecule has 0 aliphatic carbocycles. The van der Waals surface area contributed by atoms with Gasteiger partial charge in [0, 0.05) is 24.8 Å². The van der Waals surface area contributed by atoms with Gasteiger partial charge in [-0.25, -0.2) is 0 Å². The molecule has 2 amide bonds. The number of esters is 1. The lowest BCUT2D eigenvalue weighted by atomic mass is 10.2. The molecule has 0 fully saturated rings. The fourth-order valence-corrected chi connectivity index (χ4v) is 2.48. The average molecular weight is 346 g/mol. The van der Waals surface area contributed by atoms with Crippen molar-refractivity contribution in [3.8, 4) is 0 Å². The normalized spacial score (nSPS) is 11.7. The fourth-order valence-electron chi connectivity index (χ4n) is 1.69. The highest BCUT2D eigenvalue weighted by atomic mass is 32.2. The van der Waals surface area contributed by atoms with Gasteiger partial charge in [0.15, 0.2) is 5.12 Å². The second kappa shape index (κ2) is 11.0. The smallest absolute Gasteiger partial charge is 0.313 e. The van der Waals surface area contributed by atoms with E-state index in [2.05, 4.69) is 10.1 Å². The van der Waals surface area contributed by atoms with E-state index in [-0.39, 0.29) is 29.9 Å². The summed E-state index contributed by atoms with van der Waals surface area (Å²) in [4.78, 5) is 48.7. The van der Waals surface area contributed by atoms with E-state index >= 15 is 0 Å². The van der Waals surface area contributed by atoms with Gasteiger partial charge >= 0.3 is 5.97 Å². The van der Waals surface area contributed by atoms with E-state index < -0.39 is 17.1 Å². The Hall–Kier alpha value is -1.57. The standard InChI is InChI=1S/C15H26N2O5S/c1-6-17(7-2)15(21)11(16-14(20)10(3)4)9-23-13(19)8-12(18)22-5/h10-11H,6-9H2,1-5H3,(H,16,20). The highest BCUT2D eigenvalue weighted by molar-refractivity contribution is 8.13. The van der Waals surface area contributed by atoms with Crippen molar-refractivity contribution in [1.82, 2.24) is 10.2 Å². The van der Waals surface area contributed by atoms with Gasteiger partial charge in [-0.15, -0.1) is 0 Å². The molecule has 0 aliphatic rings. The number of rotatable bonds is 9. The first-order chi connectivity index (χ1) is 10.8. The lowest BCUT2D eigenvalue weighted by Gasteiger charge is -2.26. The molecule has 0 aromatic carbocycles. The number of likely N-dealkylation sites (N-methyl/N-ethyl adjacent to an activating group) is 1. The Morgan fingerprint density at radius 2 is 1.70 bits per heavy atom. The van der Waals surface area contributed by atoms with Crippen LogP contribution in [0.5, 0.6) is 0 Å². The number of hydrogen-bond donors (Lipinski definition) is 1. The Morgan fingerprint density at radius 3 is 2.13 bits per heavy atom. The van der Waals surface area contributed by atoms with Crippen molar-refractivity contribution in [3.63, 3.8) is 0 Å².